The molecule has 3 aromatic carbocycles. The van der Waals surface area contributed by atoms with Crippen molar-refractivity contribution >= 4 is 39.9 Å². The molecule has 0 aliphatic carbocycles. The predicted molar refractivity (Wildman–Crippen MR) is 121 cm³/mol. The molecule has 0 aliphatic heterocycles. The summed E-state index contributed by atoms with van der Waals surface area (Å²) in [5.41, 5.74) is 3.20. The third kappa shape index (κ3) is 3.89. The lowest BCUT2D eigenvalue weighted by molar-refractivity contribution is 0.355. The van der Waals surface area contributed by atoms with Gasteiger partial charge in [0.15, 0.2) is 11.5 Å². The first-order valence-corrected chi connectivity index (χ1v) is 10.0. The number of ether oxygens (including phenoxy) is 2. The molecule has 4 aromatic rings. The largest absolute Gasteiger partial charge is 0.493 e. The molecule has 1 heterocycles. The van der Waals surface area contributed by atoms with E-state index >= 15 is 0 Å². The van der Waals surface area contributed by atoms with E-state index in [2.05, 4.69) is 0 Å². The molecule has 0 aliphatic rings. The van der Waals surface area contributed by atoms with Gasteiger partial charge < -0.3 is 13.9 Å². The maximum atomic E-state index is 6.29. The first-order valence-electron chi connectivity index (χ1n) is 9.26. The molecule has 4 rings (SSSR count). The molecule has 0 bridgehead atoms. The minimum Gasteiger partial charge on any atom is -0.493 e. The zero-order chi connectivity index (χ0) is 21.3. The van der Waals surface area contributed by atoms with Crippen LogP contribution in [0.2, 0.25) is 10.0 Å². The predicted octanol–water partition coefficient (Wildman–Crippen LogP) is 6.96. The highest BCUT2D eigenvalue weighted by atomic mass is 35.5. The fraction of sp³-hybridized carbons (Fsp3) is 0.125. The van der Waals surface area contributed by atoms with Gasteiger partial charge in [-0.2, -0.15) is 0 Å². The zero-order valence-corrected chi connectivity index (χ0v) is 18.2. The maximum absolute atomic E-state index is 6.29. The third-order valence-electron chi connectivity index (χ3n) is 4.85. The Labute approximate surface area is 184 Å². The number of hydrogen-bond donors (Lipinski definition) is 0. The molecule has 0 atom stereocenters. The lowest BCUT2D eigenvalue weighted by Gasteiger charge is -2.10. The molecule has 0 radical (unpaired) electrons. The second kappa shape index (κ2) is 8.42. The summed E-state index contributed by atoms with van der Waals surface area (Å²) in [6.45, 7) is 1.94. The molecular formula is C24H19Cl2NO3. The van der Waals surface area contributed by atoms with Gasteiger partial charge in [-0.15, -0.1) is 0 Å². The number of halogens is 2. The molecular weight excluding hydrogens is 421 g/mol. The normalized spacial score (nSPS) is 11.7. The van der Waals surface area contributed by atoms with Crippen LogP contribution in [0.4, 0.5) is 5.69 Å². The van der Waals surface area contributed by atoms with Crippen LogP contribution >= 0.6 is 23.2 Å². The van der Waals surface area contributed by atoms with E-state index in [1.165, 1.54) is 0 Å². The van der Waals surface area contributed by atoms with E-state index in [-0.39, 0.29) is 0 Å². The Bertz CT molecular complexity index is 1310. The summed E-state index contributed by atoms with van der Waals surface area (Å²) in [7, 11) is 3.20. The van der Waals surface area contributed by atoms with Gasteiger partial charge in [-0.3, -0.25) is 0 Å². The summed E-state index contributed by atoms with van der Waals surface area (Å²) < 4.78 is 16.9. The first-order chi connectivity index (χ1) is 14.5. The summed E-state index contributed by atoms with van der Waals surface area (Å²) in [6, 6.07) is 18.6. The van der Waals surface area contributed by atoms with E-state index in [0.29, 0.717) is 32.9 Å². The quantitative estimate of drug-likeness (QED) is 0.344. The van der Waals surface area contributed by atoms with Crippen LogP contribution in [0.3, 0.4) is 0 Å². The number of methoxy groups -OCH3 is 2. The molecule has 0 amide bonds. The highest BCUT2D eigenvalue weighted by molar-refractivity contribution is 6.31. The SMILES string of the molecule is COc1ccc(-c2cc(=Nc3cccc(Cl)c3C)c3cc(Cl)ccc3o2)cc1OC. The smallest absolute Gasteiger partial charge is 0.161 e. The molecule has 30 heavy (non-hydrogen) atoms. The Morgan fingerprint density at radius 2 is 1.67 bits per heavy atom. The van der Waals surface area contributed by atoms with Crippen molar-refractivity contribution in [1.29, 1.82) is 0 Å². The van der Waals surface area contributed by atoms with Crippen molar-refractivity contribution in [3.8, 4) is 22.8 Å². The van der Waals surface area contributed by atoms with Crippen molar-refractivity contribution in [3.05, 3.63) is 81.6 Å². The average molecular weight is 440 g/mol. The number of fused-ring (bicyclic) bond motifs is 1. The lowest BCUT2D eigenvalue weighted by atomic mass is 10.1. The van der Waals surface area contributed by atoms with Crippen LogP contribution in [-0.2, 0) is 0 Å². The summed E-state index contributed by atoms with van der Waals surface area (Å²) >= 11 is 12.5. The van der Waals surface area contributed by atoms with Crippen molar-refractivity contribution < 1.29 is 13.9 Å². The van der Waals surface area contributed by atoms with Gasteiger partial charge in [0.25, 0.3) is 0 Å². The van der Waals surface area contributed by atoms with Crippen LogP contribution in [0.25, 0.3) is 22.3 Å². The monoisotopic (exact) mass is 439 g/mol. The highest BCUT2D eigenvalue weighted by Gasteiger charge is 2.11. The average Bonchev–Trinajstić information content (AvgIpc) is 2.76. The Hall–Kier alpha value is -2.95. The van der Waals surface area contributed by atoms with E-state index < -0.39 is 0 Å². The van der Waals surface area contributed by atoms with Crippen LogP contribution in [-0.4, -0.2) is 14.2 Å². The molecule has 1 aromatic heterocycles. The van der Waals surface area contributed by atoms with E-state index in [4.69, 9.17) is 42.1 Å². The fourth-order valence-corrected chi connectivity index (χ4v) is 3.55. The Morgan fingerprint density at radius 3 is 2.43 bits per heavy atom. The summed E-state index contributed by atoms with van der Waals surface area (Å²) in [5, 5.41) is 2.81. The standard InChI is InChI=1S/C24H19Cl2NO3/c1-14-18(26)5-4-6-19(14)27-20-13-23(30-21-10-8-16(25)12-17(20)21)15-7-9-22(28-2)24(11-15)29-3/h4-13H,1-3H3. The van der Waals surface area contributed by atoms with Gasteiger partial charge in [0.2, 0.25) is 0 Å². The van der Waals surface area contributed by atoms with Crippen LogP contribution in [0.15, 0.2) is 70.1 Å². The summed E-state index contributed by atoms with van der Waals surface area (Å²) in [5.74, 6) is 1.91. The van der Waals surface area contributed by atoms with Gasteiger partial charge in [0.05, 0.1) is 25.3 Å². The topological polar surface area (TPSA) is 44.0 Å². The molecule has 152 valence electrons. The molecule has 0 unspecified atom stereocenters. The molecule has 4 nitrogen and oxygen atoms in total. The van der Waals surface area contributed by atoms with E-state index in [0.717, 1.165) is 27.6 Å². The van der Waals surface area contributed by atoms with Gasteiger partial charge in [0.1, 0.15) is 11.3 Å². The zero-order valence-electron chi connectivity index (χ0n) is 16.7. The van der Waals surface area contributed by atoms with Crippen molar-refractivity contribution in [2.24, 2.45) is 4.99 Å². The van der Waals surface area contributed by atoms with Gasteiger partial charge >= 0.3 is 0 Å². The van der Waals surface area contributed by atoms with Crippen molar-refractivity contribution in [1.82, 2.24) is 0 Å². The Balaban J connectivity index is 1.99. The van der Waals surface area contributed by atoms with E-state index in [1.54, 1.807) is 20.3 Å². The van der Waals surface area contributed by atoms with Crippen molar-refractivity contribution in [2.45, 2.75) is 6.92 Å². The van der Waals surface area contributed by atoms with Crippen molar-refractivity contribution in [2.75, 3.05) is 14.2 Å². The van der Waals surface area contributed by atoms with Gasteiger partial charge in [0, 0.05) is 27.1 Å². The Morgan fingerprint density at radius 1 is 0.867 bits per heavy atom. The number of rotatable bonds is 4. The molecule has 0 spiro atoms. The Kier molecular flexibility index (Phi) is 5.71. The maximum Gasteiger partial charge on any atom is 0.161 e. The number of hydrogen-bond acceptors (Lipinski definition) is 4. The van der Waals surface area contributed by atoms with Gasteiger partial charge in [-0.25, -0.2) is 4.99 Å². The molecule has 0 fully saturated rings. The van der Waals surface area contributed by atoms with Gasteiger partial charge in [-0.05, 0) is 61.0 Å². The van der Waals surface area contributed by atoms with Crippen molar-refractivity contribution in [3.63, 3.8) is 0 Å². The van der Waals surface area contributed by atoms with Crippen LogP contribution in [0, 0.1) is 6.92 Å². The molecule has 0 saturated carbocycles. The summed E-state index contributed by atoms with van der Waals surface area (Å²) in [6.07, 6.45) is 0. The third-order valence-corrected chi connectivity index (χ3v) is 5.50. The molecule has 0 saturated heterocycles. The minimum absolute atomic E-state index is 0.607. The van der Waals surface area contributed by atoms with E-state index in [1.807, 2.05) is 61.5 Å². The van der Waals surface area contributed by atoms with Crippen LogP contribution in [0.1, 0.15) is 5.56 Å². The van der Waals surface area contributed by atoms with Gasteiger partial charge in [-0.1, -0.05) is 29.3 Å². The lowest BCUT2D eigenvalue weighted by Crippen LogP contribution is -2.03. The van der Waals surface area contributed by atoms with Crippen LogP contribution < -0.4 is 14.8 Å². The fourth-order valence-electron chi connectivity index (χ4n) is 3.21. The second-order valence-electron chi connectivity index (χ2n) is 6.70. The molecule has 6 heteroatoms. The molecule has 0 N–H and O–H groups in total. The number of nitrogens with zero attached hydrogens (tertiary/aromatic N) is 1. The minimum atomic E-state index is 0.607. The first kappa shape index (κ1) is 20.3. The van der Waals surface area contributed by atoms with E-state index in [9.17, 15) is 0 Å². The summed E-state index contributed by atoms with van der Waals surface area (Å²) in [4.78, 5) is 4.87. The van der Waals surface area contributed by atoms with Crippen LogP contribution in [0.5, 0.6) is 11.5 Å². The number of benzene rings is 3. The second-order valence-corrected chi connectivity index (χ2v) is 7.55. The highest BCUT2D eigenvalue weighted by Crippen LogP contribution is 2.33.